The maximum absolute atomic E-state index is 12.2. The summed E-state index contributed by atoms with van der Waals surface area (Å²) in [6.07, 6.45) is 1.40. The van der Waals surface area contributed by atoms with E-state index in [4.69, 9.17) is 23.2 Å². The first-order valence-electron chi connectivity index (χ1n) is 6.63. The van der Waals surface area contributed by atoms with Gasteiger partial charge in [0, 0.05) is 13.2 Å². The van der Waals surface area contributed by atoms with Gasteiger partial charge in [-0.25, -0.2) is 9.97 Å². The molecule has 0 fully saturated rings. The predicted molar refractivity (Wildman–Crippen MR) is 98.5 cm³/mol. The fourth-order valence-electron chi connectivity index (χ4n) is 1.91. The Hall–Kier alpha value is -1.61. The van der Waals surface area contributed by atoms with Crippen LogP contribution in [0.1, 0.15) is 0 Å². The minimum atomic E-state index is -0.308. The van der Waals surface area contributed by atoms with E-state index in [0.29, 0.717) is 20.4 Å². The molecule has 0 bridgehead atoms. The number of thiophene rings is 1. The van der Waals surface area contributed by atoms with Gasteiger partial charge in [0.05, 0.1) is 21.2 Å². The van der Waals surface area contributed by atoms with Gasteiger partial charge < -0.3 is 5.32 Å². The van der Waals surface area contributed by atoms with E-state index in [1.54, 1.807) is 13.1 Å². The first-order chi connectivity index (χ1) is 11.5. The Morgan fingerprint density at radius 3 is 3.00 bits per heavy atom. The highest BCUT2D eigenvalue weighted by Gasteiger charge is 2.13. The Kier molecular flexibility index (Phi) is 5.09. The third-order valence-electron chi connectivity index (χ3n) is 3.06. The summed E-state index contributed by atoms with van der Waals surface area (Å²) in [5.41, 5.74) is -0.133. The number of nitrogens with zero attached hydrogens (tertiary/aromatic N) is 3. The highest BCUT2D eigenvalue weighted by Crippen LogP contribution is 2.24. The normalized spacial score (nSPS) is 11.0. The lowest BCUT2D eigenvalue weighted by Gasteiger charge is -2.08. The Labute approximate surface area is 154 Å². The van der Waals surface area contributed by atoms with Crippen LogP contribution in [0.15, 0.2) is 33.7 Å². The van der Waals surface area contributed by atoms with Gasteiger partial charge in [0.25, 0.3) is 5.56 Å². The van der Waals surface area contributed by atoms with Gasteiger partial charge in [-0.2, -0.15) is 0 Å². The molecule has 0 saturated heterocycles. The number of thioether (sulfide) groups is 1. The maximum atomic E-state index is 12.2. The summed E-state index contributed by atoms with van der Waals surface area (Å²) >= 11 is 14.3. The quantitative estimate of drug-likeness (QED) is 0.536. The van der Waals surface area contributed by atoms with Gasteiger partial charge in [0.15, 0.2) is 11.0 Å². The minimum absolute atomic E-state index is 0.0673. The molecule has 1 amide bonds. The number of carbonyl (C=O) groups excluding carboxylic acids is 1. The van der Waals surface area contributed by atoms with Crippen LogP contribution in [-0.4, -0.2) is 26.2 Å². The van der Waals surface area contributed by atoms with E-state index in [1.807, 2.05) is 5.38 Å². The third-order valence-corrected chi connectivity index (χ3v) is 5.39. The highest BCUT2D eigenvalue weighted by molar-refractivity contribution is 7.99. The fraction of sp³-hybridized carbons (Fsp3) is 0.143. The van der Waals surface area contributed by atoms with Crippen LogP contribution in [0.4, 0.5) is 5.82 Å². The van der Waals surface area contributed by atoms with Crippen molar-refractivity contribution in [2.24, 2.45) is 7.05 Å². The molecule has 3 aromatic rings. The summed E-state index contributed by atoms with van der Waals surface area (Å²) in [6.45, 7) is 0. The number of carbonyl (C=O) groups is 1. The van der Waals surface area contributed by atoms with Crippen LogP contribution in [0.2, 0.25) is 10.0 Å². The van der Waals surface area contributed by atoms with Crippen LogP contribution in [-0.2, 0) is 11.8 Å². The summed E-state index contributed by atoms with van der Waals surface area (Å²) in [7, 11) is 1.63. The van der Waals surface area contributed by atoms with Crippen molar-refractivity contribution in [2.75, 3.05) is 11.1 Å². The molecule has 0 atom stereocenters. The van der Waals surface area contributed by atoms with E-state index in [1.165, 1.54) is 39.9 Å². The van der Waals surface area contributed by atoms with Crippen molar-refractivity contribution in [1.29, 1.82) is 0 Å². The summed E-state index contributed by atoms with van der Waals surface area (Å²) in [5.74, 6) is -0.00267. The molecule has 6 nitrogen and oxygen atoms in total. The van der Waals surface area contributed by atoms with Gasteiger partial charge in [-0.15, -0.1) is 11.3 Å². The Balaban J connectivity index is 1.72. The van der Waals surface area contributed by atoms with E-state index in [0.717, 1.165) is 0 Å². The molecule has 0 aromatic carbocycles. The maximum Gasteiger partial charge on any atom is 0.262 e. The van der Waals surface area contributed by atoms with Crippen LogP contribution >= 0.6 is 46.3 Å². The van der Waals surface area contributed by atoms with Gasteiger partial charge in [-0.05, 0) is 17.5 Å². The minimum Gasteiger partial charge on any atom is -0.309 e. The highest BCUT2D eigenvalue weighted by atomic mass is 35.5. The van der Waals surface area contributed by atoms with E-state index < -0.39 is 0 Å². The SMILES string of the molecule is Cn1c(SCC(=O)Nc2ncc(Cl)cc2Cl)nc2sccc2c1=O. The summed E-state index contributed by atoms with van der Waals surface area (Å²) in [6, 6.07) is 3.24. The van der Waals surface area contributed by atoms with Gasteiger partial charge in [0.1, 0.15) is 4.83 Å². The number of amides is 1. The third kappa shape index (κ3) is 3.56. The van der Waals surface area contributed by atoms with E-state index >= 15 is 0 Å². The number of halogens is 2. The van der Waals surface area contributed by atoms with Crippen molar-refractivity contribution in [3.8, 4) is 0 Å². The summed E-state index contributed by atoms with van der Waals surface area (Å²) in [4.78, 5) is 33.3. The second kappa shape index (κ2) is 7.10. The van der Waals surface area contributed by atoms with Gasteiger partial charge in [0.2, 0.25) is 5.91 Å². The molecule has 0 aliphatic carbocycles. The number of fused-ring (bicyclic) bond motifs is 1. The molecule has 3 rings (SSSR count). The zero-order valence-electron chi connectivity index (χ0n) is 12.2. The molecule has 0 unspecified atom stereocenters. The van der Waals surface area contributed by atoms with Crippen LogP contribution in [0.3, 0.4) is 0 Å². The van der Waals surface area contributed by atoms with Crippen molar-refractivity contribution in [2.45, 2.75) is 5.16 Å². The lowest BCUT2D eigenvalue weighted by atomic mass is 10.4. The Morgan fingerprint density at radius 2 is 2.25 bits per heavy atom. The average molecular weight is 401 g/mol. The van der Waals surface area contributed by atoms with Gasteiger partial charge in [-0.1, -0.05) is 35.0 Å². The van der Waals surface area contributed by atoms with Crippen LogP contribution in [0.5, 0.6) is 0 Å². The molecule has 1 N–H and O–H groups in total. The molecule has 3 heterocycles. The molecule has 0 spiro atoms. The number of hydrogen-bond acceptors (Lipinski definition) is 6. The lowest BCUT2D eigenvalue weighted by molar-refractivity contribution is -0.113. The molecule has 0 aliphatic rings. The average Bonchev–Trinajstić information content (AvgIpc) is 3.01. The van der Waals surface area contributed by atoms with E-state index in [-0.39, 0.29) is 28.1 Å². The fourth-order valence-corrected chi connectivity index (χ4v) is 3.92. The number of rotatable bonds is 4. The van der Waals surface area contributed by atoms with Crippen LogP contribution in [0.25, 0.3) is 10.2 Å². The standard InChI is InChI=1S/C14H10Cl2N4O2S2/c1-20-13(22)8-2-3-23-12(8)19-14(20)24-6-10(21)18-11-9(16)4-7(15)5-17-11/h2-5H,6H2,1H3,(H,17,18,21). The summed E-state index contributed by atoms with van der Waals surface area (Å²) in [5, 5.41) is 6.10. The molecule has 0 radical (unpaired) electrons. The van der Waals surface area contributed by atoms with E-state index in [9.17, 15) is 9.59 Å². The van der Waals surface area contributed by atoms with Crippen LogP contribution in [0, 0.1) is 0 Å². The zero-order valence-corrected chi connectivity index (χ0v) is 15.4. The van der Waals surface area contributed by atoms with E-state index in [2.05, 4.69) is 15.3 Å². The second-order valence-corrected chi connectivity index (χ2v) is 7.40. The number of pyridine rings is 1. The number of aromatic nitrogens is 3. The molecule has 124 valence electrons. The smallest absolute Gasteiger partial charge is 0.262 e. The number of hydrogen-bond donors (Lipinski definition) is 1. The van der Waals surface area contributed by atoms with Crippen molar-refractivity contribution in [3.05, 3.63) is 44.1 Å². The monoisotopic (exact) mass is 400 g/mol. The molecule has 24 heavy (non-hydrogen) atoms. The first kappa shape index (κ1) is 17.2. The zero-order chi connectivity index (χ0) is 17.3. The molecule has 0 saturated carbocycles. The second-order valence-electron chi connectivity index (χ2n) is 4.72. The Bertz CT molecular complexity index is 987. The van der Waals surface area contributed by atoms with Crippen molar-refractivity contribution in [3.63, 3.8) is 0 Å². The first-order valence-corrected chi connectivity index (χ1v) is 9.26. The number of anilines is 1. The number of nitrogens with one attached hydrogen (secondary N) is 1. The van der Waals surface area contributed by atoms with Gasteiger partial charge >= 0.3 is 0 Å². The molecule has 3 aromatic heterocycles. The predicted octanol–water partition coefficient (Wildman–Crippen LogP) is 3.43. The molecule has 10 heteroatoms. The van der Waals surface area contributed by atoms with Gasteiger partial charge in [-0.3, -0.25) is 14.2 Å². The summed E-state index contributed by atoms with van der Waals surface area (Å²) < 4.78 is 1.43. The molecular weight excluding hydrogens is 391 g/mol. The van der Waals surface area contributed by atoms with Crippen molar-refractivity contribution >= 4 is 68.2 Å². The topological polar surface area (TPSA) is 76.9 Å². The molecule has 0 aliphatic heterocycles. The van der Waals surface area contributed by atoms with Crippen molar-refractivity contribution < 1.29 is 4.79 Å². The molecular formula is C14H10Cl2N4O2S2. The largest absolute Gasteiger partial charge is 0.309 e. The lowest BCUT2D eigenvalue weighted by Crippen LogP contribution is -2.21. The van der Waals surface area contributed by atoms with Crippen molar-refractivity contribution in [1.82, 2.24) is 14.5 Å². The van der Waals surface area contributed by atoms with Crippen LogP contribution < -0.4 is 10.9 Å². The Morgan fingerprint density at radius 1 is 1.46 bits per heavy atom.